The highest BCUT2D eigenvalue weighted by Crippen LogP contribution is 2.30. The molecule has 5 rings (SSSR count). The van der Waals surface area contributed by atoms with Crippen molar-refractivity contribution >= 4 is 22.6 Å². The van der Waals surface area contributed by atoms with Crippen LogP contribution in [0.3, 0.4) is 0 Å². The third kappa shape index (κ3) is 6.89. The SMILES string of the molecule is C=C1N=C(c2ccc(CN3CCC(c4nc(/C(C)=C/C=C\C)n[nH]4)CC3)cc2)C(c2cccc(F)c2)=CN1N=C(C)C. The maximum atomic E-state index is 14.2. The van der Waals surface area contributed by atoms with Crippen molar-refractivity contribution in [3.63, 3.8) is 0 Å². The fourth-order valence-electron chi connectivity index (χ4n) is 5.23. The lowest BCUT2D eigenvalue weighted by Gasteiger charge is -2.31. The number of benzene rings is 2. The summed E-state index contributed by atoms with van der Waals surface area (Å²) in [7, 11) is 0. The average Bonchev–Trinajstić information content (AvgIpc) is 3.48. The standard InChI is InChI=1S/C34H38FN7/c1-6-7-9-24(4)33-37-34(39-38-33)28-16-18-41(19-17-28)21-26-12-14-27(15-13-26)32-31(29-10-8-11-30(35)20-29)22-42(25(5)36-32)40-23(2)3/h6-15,20,22,28H,5,16-19,21H2,1-4H3,(H,37,38,39)/b7-6-,24-9+. The number of nitrogens with zero attached hydrogens (tertiary/aromatic N) is 6. The van der Waals surface area contributed by atoms with Crippen molar-refractivity contribution in [1.29, 1.82) is 0 Å². The van der Waals surface area contributed by atoms with Crippen LogP contribution in [0.15, 0.2) is 95.5 Å². The van der Waals surface area contributed by atoms with E-state index in [1.54, 1.807) is 11.1 Å². The van der Waals surface area contributed by atoms with E-state index in [4.69, 9.17) is 9.98 Å². The Labute approximate surface area is 247 Å². The highest BCUT2D eigenvalue weighted by Gasteiger charge is 2.24. The monoisotopic (exact) mass is 563 g/mol. The van der Waals surface area contributed by atoms with E-state index < -0.39 is 0 Å². The van der Waals surface area contributed by atoms with Crippen LogP contribution in [0.4, 0.5) is 4.39 Å². The quantitative estimate of drug-likeness (QED) is 0.230. The van der Waals surface area contributed by atoms with Crippen molar-refractivity contribution in [3.05, 3.63) is 120 Å². The number of likely N-dealkylation sites (tertiary alicyclic amines) is 1. The molecule has 0 spiro atoms. The summed E-state index contributed by atoms with van der Waals surface area (Å²) in [5.74, 6) is 2.37. The Kier molecular flexibility index (Phi) is 9.03. The first-order valence-electron chi connectivity index (χ1n) is 14.4. The Morgan fingerprint density at radius 3 is 2.55 bits per heavy atom. The van der Waals surface area contributed by atoms with Crippen LogP contribution in [-0.2, 0) is 6.54 Å². The van der Waals surface area contributed by atoms with Crippen LogP contribution in [0.5, 0.6) is 0 Å². The van der Waals surface area contributed by atoms with E-state index >= 15 is 0 Å². The van der Waals surface area contributed by atoms with Gasteiger partial charge in [0.05, 0.1) is 5.71 Å². The van der Waals surface area contributed by atoms with Gasteiger partial charge in [0, 0.05) is 35.5 Å². The van der Waals surface area contributed by atoms with Gasteiger partial charge in [0.15, 0.2) is 5.82 Å². The Bertz CT molecular complexity index is 1580. The summed E-state index contributed by atoms with van der Waals surface area (Å²) in [5, 5.41) is 13.8. The Hall–Kier alpha value is -4.43. The van der Waals surface area contributed by atoms with Gasteiger partial charge in [-0.15, -0.1) is 0 Å². The molecule has 0 aliphatic carbocycles. The number of halogens is 1. The number of H-pyrrole nitrogens is 1. The van der Waals surface area contributed by atoms with Gasteiger partial charge in [-0.3, -0.25) is 10.00 Å². The van der Waals surface area contributed by atoms with Crippen molar-refractivity contribution in [1.82, 2.24) is 25.1 Å². The summed E-state index contributed by atoms with van der Waals surface area (Å²) in [6.45, 7) is 14.9. The number of rotatable bonds is 8. The van der Waals surface area contributed by atoms with Gasteiger partial charge in [0.1, 0.15) is 17.5 Å². The molecule has 0 radical (unpaired) electrons. The number of hydrazone groups is 1. The summed E-state index contributed by atoms with van der Waals surface area (Å²) in [5.41, 5.74) is 6.40. The Balaban J connectivity index is 1.26. The van der Waals surface area contributed by atoms with Crippen molar-refractivity contribution in [2.75, 3.05) is 13.1 Å². The lowest BCUT2D eigenvalue weighted by Crippen LogP contribution is -2.32. The lowest BCUT2D eigenvalue weighted by atomic mass is 9.94. The maximum Gasteiger partial charge on any atom is 0.176 e. The Morgan fingerprint density at radius 1 is 1.10 bits per heavy atom. The zero-order valence-electron chi connectivity index (χ0n) is 24.8. The number of hydrogen-bond donors (Lipinski definition) is 1. The fraction of sp³-hybridized carbons (Fsp3) is 0.294. The minimum atomic E-state index is -0.293. The molecule has 1 N–H and O–H groups in total. The summed E-state index contributed by atoms with van der Waals surface area (Å²) >= 11 is 0. The van der Waals surface area contributed by atoms with E-state index in [0.29, 0.717) is 11.7 Å². The van der Waals surface area contributed by atoms with Crippen molar-refractivity contribution in [2.24, 2.45) is 10.1 Å². The minimum Gasteiger partial charge on any atom is -0.299 e. The summed E-state index contributed by atoms with van der Waals surface area (Å²) in [6, 6.07) is 15.0. The first-order chi connectivity index (χ1) is 20.3. The first-order valence-corrected chi connectivity index (χ1v) is 14.4. The molecule has 3 aromatic rings. The normalized spacial score (nSPS) is 17.0. The predicted octanol–water partition coefficient (Wildman–Crippen LogP) is 7.32. The molecule has 7 nitrogen and oxygen atoms in total. The largest absolute Gasteiger partial charge is 0.299 e. The molecule has 1 fully saturated rings. The molecule has 0 unspecified atom stereocenters. The van der Waals surface area contributed by atoms with E-state index in [0.717, 1.165) is 77.8 Å². The number of piperidine rings is 1. The van der Waals surface area contributed by atoms with E-state index in [1.807, 2.05) is 58.2 Å². The van der Waals surface area contributed by atoms with Gasteiger partial charge in [-0.25, -0.2) is 19.4 Å². The number of aromatic amines is 1. The molecule has 42 heavy (non-hydrogen) atoms. The van der Waals surface area contributed by atoms with Crippen LogP contribution < -0.4 is 0 Å². The van der Waals surface area contributed by atoms with Crippen molar-refractivity contribution in [3.8, 4) is 0 Å². The molecule has 0 saturated carbocycles. The van der Waals surface area contributed by atoms with Gasteiger partial charge in [0.2, 0.25) is 0 Å². The van der Waals surface area contributed by atoms with Crippen molar-refractivity contribution in [2.45, 2.75) is 53.0 Å². The fourth-order valence-corrected chi connectivity index (χ4v) is 5.23. The van der Waals surface area contributed by atoms with Crippen LogP contribution in [0.2, 0.25) is 0 Å². The van der Waals surface area contributed by atoms with Crippen LogP contribution in [0.25, 0.3) is 11.1 Å². The molecular formula is C34H38FN7. The third-order valence-corrected chi connectivity index (χ3v) is 7.46. The first kappa shape index (κ1) is 29.1. The Morgan fingerprint density at radius 2 is 1.86 bits per heavy atom. The van der Waals surface area contributed by atoms with Crippen LogP contribution in [-0.4, -0.2) is 49.6 Å². The molecule has 0 bridgehead atoms. The third-order valence-electron chi connectivity index (χ3n) is 7.46. The second-order valence-electron chi connectivity index (χ2n) is 11.0. The minimum absolute atomic E-state index is 0.293. The molecule has 1 aromatic heterocycles. The maximum absolute atomic E-state index is 14.2. The predicted molar refractivity (Wildman–Crippen MR) is 169 cm³/mol. The van der Waals surface area contributed by atoms with Crippen molar-refractivity contribution < 1.29 is 4.39 Å². The van der Waals surface area contributed by atoms with Crippen LogP contribution in [0.1, 0.15) is 74.8 Å². The molecule has 2 aromatic carbocycles. The highest BCUT2D eigenvalue weighted by molar-refractivity contribution is 6.32. The molecule has 8 heteroatoms. The molecule has 216 valence electrons. The topological polar surface area (TPSA) is 72.8 Å². The summed E-state index contributed by atoms with van der Waals surface area (Å²) in [4.78, 5) is 12.1. The molecule has 1 saturated heterocycles. The molecule has 0 amide bonds. The smallest absolute Gasteiger partial charge is 0.176 e. The van der Waals surface area contributed by atoms with Gasteiger partial charge in [0.25, 0.3) is 0 Å². The summed E-state index contributed by atoms with van der Waals surface area (Å²) < 4.78 is 14.2. The zero-order valence-corrected chi connectivity index (χ0v) is 24.8. The number of hydrogen-bond acceptors (Lipinski definition) is 6. The number of nitrogens with one attached hydrogen (secondary N) is 1. The van der Waals surface area contributed by atoms with Gasteiger partial charge >= 0.3 is 0 Å². The molecule has 0 atom stereocenters. The van der Waals surface area contributed by atoms with E-state index in [9.17, 15) is 4.39 Å². The number of aromatic nitrogens is 3. The molecular weight excluding hydrogens is 525 g/mol. The molecule has 2 aliphatic rings. The van der Waals surface area contributed by atoms with Gasteiger partial charge in [-0.05, 0) is 82.5 Å². The second-order valence-corrected chi connectivity index (χ2v) is 11.0. The van der Waals surface area contributed by atoms with E-state index in [1.165, 1.54) is 17.7 Å². The van der Waals surface area contributed by atoms with Crippen LogP contribution >= 0.6 is 0 Å². The van der Waals surface area contributed by atoms with E-state index in [2.05, 4.69) is 51.0 Å². The van der Waals surface area contributed by atoms with Gasteiger partial charge in [-0.2, -0.15) is 10.2 Å². The lowest BCUT2D eigenvalue weighted by molar-refractivity contribution is 0.202. The zero-order chi connectivity index (χ0) is 29.6. The van der Waals surface area contributed by atoms with Crippen LogP contribution in [0, 0.1) is 5.82 Å². The highest BCUT2D eigenvalue weighted by atomic mass is 19.1. The van der Waals surface area contributed by atoms with Gasteiger partial charge < -0.3 is 0 Å². The van der Waals surface area contributed by atoms with E-state index in [-0.39, 0.29) is 5.82 Å². The number of aliphatic imine (C=N–C) groups is 1. The second kappa shape index (κ2) is 13.0. The summed E-state index contributed by atoms with van der Waals surface area (Å²) in [6.07, 6.45) is 10.0. The average molecular weight is 564 g/mol. The molecule has 3 heterocycles. The van der Waals surface area contributed by atoms with Gasteiger partial charge in [-0.1, -0.05) is 61.2 Å². The number of allylic oxidation sites excluding steroid dienone is 5. The molecule has 2 aliphatic heterocycles.